The van der Waals surface area contributed by atoms with E-state index in [1.807, 2.05) is 36.0 Å². The highest BCUT2D eigenvalue weighted by Gasteiger charge is 2.19. The third-order valence-electron chi connectivity index (χ3n) is 2.90. The van der Waals surface area contributed by atoms with Crippen molar-refractivity contribution in [2.75, 3.05) is 19.6 Å². The Labute approximate surface area is 112 Å². The van der Waals surface area contributed by atoms with Crippen LogP contribution in [0.3, 0.4) is 0 Å². The summed E-state index contributed by atoms with van der Waals surface area (Å²) in [6, 6.07) is 5.81. The van der Waals surface area contributed by atoms with E-state index in [2.05, 4.69) is 16.5 Å². The van der Waals surface area contributed by atoms with Gasteiger partial charge >= 0.3 is 0 Å². The standard InChI is InChI=1S/C13H17ClN2S/c1-2-8-16-9-6-11(7-10-16)17-13-5-3-4-12(14)15-13/h2-5,11H,1,6-10H2. The van der Waals surface area contributed by atoms with Crippen molar-refractivity contribution in [2.45, 2.75) is 23.1 Å². The van der Waals surface area contributed by atoms with Gasteiger partial charge in [-0.3, -0.25) is 4.90 Å². The third-order valence-corrected chi connectivity index (χ3v) is 4.38. The largest absolute Gasteiger partial charge is 0.300 e. The Morgan fingerprint density at radius 1 is 1.47 bits per heavy atom. The number of pyridine rings is 1. The molecule has 0 aliphatic carbocycles. The summed E-state index contributed by atoms with van der Waals surface area (Å²) < 4.78 is 0. The average molecular weight is 269 g/mol. The molecule has 2 heterocycles. The molecule has 0 saturated carbocycles. The molecule has 17 heavy (non-hydrogen) atoms. The summed E-state index contributed by atoms with van der Waals surface area (Å²) >= 11 is 7.73. The van der Waals surface area contributed by atoms with Crippen LogP contribution in [0.25, 0.3) is 0 Å². The Kier molecular flexibility index (Phi) is 4.89. The molecule has 0 radical (unpaired) electrons. The third kappa shape index (κ3) is 4.02. The molecule has 0 spiro atoms. The van der Waals surface area contributed by atoms with Crippen molar-refractivity contribution in [1.82, 2.24) is 9.88 Å². The molecule has 0 aromatic carbocycles. The van der Waals surface area contributed by atoms with Gasteiger partial charge in [-0.25, -0.2) is 4.98 Å². The predicted octanol–water partition coefficient (Wildman–Crippen LogP) is 3.48. The SMILES string of the molecule is C=CCN1CCC(Sc2cccc(Cl)n2)CC1. The van der Waals surface area contributed by atoms with Crippen molar-refractivity contribution in [2.24, 2.45) is 0 Å². The van der Waals surface area contributed by atoms with Crippen LogP contribution >= 0.6 is 23.4 Å². The molecule has 4 heteroatoms. The molecule has 2 nitrogen and oxygen atoms in total. The van der Waals surface area contributed by atoms with Crippen LogP contribution in [0, 0.1) is 0 Å². The lowest BCUT2D eigenvalue weighted by molar-refractivity contribution is 0.256. The molecule has 92 valence electrons. The second-order valence-corrected chi connectivity index (χ2v) is 5.91. The van der Waals surface area contributed by atoms with Gasteiger partial charge in [0.15, 0.2) is 0 Å². The van der Waals surface area contributed by atoms with E-state index in [1.165, 1.54) is 12.8 Å². The molecule has 0 bridgehead atoms. The zero-order valence-corrected chi connectivity index (χ0v) is 11.4. The van der Waals surface area contributed by atoms with Crippen LogP contribution in [-0.2, 0) is 0 Å². The Hall–Kier alpha value is -0.510. The van der Waals surface area contributed by atoms with Gasteiger partial charge in [-0.1, -0.05) is 23.7 Å². The molecule has 1 aliphatic rings. The first-order valence-electron chi connectivity index (χ1n) is 5.90. The van der Waals surface area contributed by atoms with Crippen LogP contribution in [-0.4, -0.2) is 34.8 Å². The number of thioether (sulfide) groups is 1. The quantitative estimate of drug-likeness (QED) is 0.614. The minimum absolute atomic E-state index is 0.582. The number of hydrogen-bond acceptors (Lipinski definition) is 3. The Balaban J connectivity index is 1.83. The van der Waals surface area contributed by atoms with Gasteiger partial charge in [0.2, 0.25) is 0 Å². The van der Waals surface area contributed by atoms with Crippen molar-refractivity contribution in [3.63, 3.8) is 0 Å². The summed E-state index contributed by atoms with van der Waals surface area (Å²) in [5.41, 5.74) is 0. The average Bonchev–Trinajstić information content (AvgIpc) is 2.32. The predicted molar refractivity (Wildman–Crippen MR) is 74.8 cm³/mol. The Morgan fingerprint density at radius 2 is 2.24 bits per heavy atom. The molecule has 0 atom stereocenters. The lowest BCUT2D eigenvalue weighted by Crippen LogP contribution is -2.34. The smallest absolute Gasteiger partial charge is 0.130 e. The van der Waals surface area contributed by atoms with Crippen LogP contribution in [0.15, 0.2) is 35.9 Å². The number of piperidine rings is 1. The summed E-state index contributed by atoms with van der Waals surface area (Å²) in [5.74, 6) is 0. The van der Waals surface area contributed by atoms with Gasteiger partial charge in [-0.15, -0.1) is 18.3 Å². The first kappa shape index (κ1) is 12.9. The van der Waals surface area contributed by atoms with Crippen molar-refractivity contribution in [3.05, 3.63) is 36.0 Å². The number of halogens is 1. The van der Waals surface area contributed by atoms with Crippen LogP contribution in [0.1, 0.15) is 12.8 Å². The van der Waals surface area contributed by atoms with Crippen molar-refractivity contribution < 1.29 is 0 Å². The van der Waals surface area contributed by atoms with Gasteiger partial charge in [0, 0.05) is 11.8 Å². The second-order valence-electron chi connectivity index (χ2n) is 4.21. The molecule has 1 aliphatic heterocycles. The number of nitrogens with zero attached hydrogens (tertiary/aromatic N) is 2. The van der Waals surface area contributed by atoms with E-state index in [1.54, 1.807) is 0 Å². The molecule has 1 aromatic heterocycles. The van der Waals surface area contributed by atoms with Gasteiger partial charge in [-0.2, -0.15) is 0 Å². The van der Waals surface area contributed by atoms with E-state index < -0.39 is 0 Å². The van der Waals surface area contributed by atoms with Crippen LogP contribution in [0.5, 0.6) is 0 Å². The van der Waals surface area contributed by atoms with Gasteiger partial charge in [-0.05, 0) is 38.1 Å². The highest BCUT2D eigenvalue weighted by atomic mass is 35.5. The molecular weight excluding hydrogens is 252 g/mol. The van der Waals surface area contributed by atoms with Gasteiger partial charge in [0.1, 0.15) is 5.15 Å². The summed E-state index contributed by atoms with van der Waals surface area (Å²) in [6.45, 7) is 7.10. The first-order valence-corrected chi connectivity index (χ1v) is 7.16. The molecule has 1 aromatic rings. The van der Waals surface area contributed by atoms with Crippen molar-refractivity contribution >= 4 is 23.4 Å². The summed E-state index contributed by atoms with van der Waals surface area (Å²) in [5, 5.41) is 2.29. The summed E-state index contributed by atoms with van der Waals surface area (Å²) in [6.07, 6.45) is 4.41. The minimum Gasteiger partial charge on any atom is -0.300 e. The number of hydrogen-bond donors (Lipinski definition) is 0. The van der Waals surface area contributed by atoms with Gasteiger partial charge in [0.25, 0.3) is 0 Å². The highest BCUT2D eigenvalue weighted by molar-refractivity contribution is 7.99. The second kappa shape index (κ2) is 6.43. The van der Waals surface area contributed by atoms with Gasteiger partial charge < -0.3 is 0 Å². The molecule has 0 amide bonds. The summed E-state index contributed by atoms with van der Waals surface area (Å²) in [4.78, 5) is 6.76. The Morgan fingerprint density at radius 3 is 2.88 bits per heavy atom. The van der Waals surface area contributed by atoms with E-state index in [-0.39, 0.29) is 0 Å². The van der Waals surface area contributed by atoms with E-state index in [0.29, 0.717) is 10.4 Å². The topological polar surface area (TPSA) is 16.1 Å². The number of aromatic nitrogens is 1. The molecule has 0 unspecified atom stereocenters. The number of rotatable bonds is 4. The molecule has 1 fully saturated rings. The first-order chi connectivity index (χ1) is 8.28. The minimum atomic E-state index is 0.582. The lowest BCUT2D eigenvalue weighted by Gasteiger charge is -2.30. The van der Waals surface area contributed by atoms with Gasteiger partial charge in [0.05, 0.1) is 5.03 Å². The maximum Gasteiger partial charge on any atom is 0.130 e. The zero-order chi connectivity index (χ0) is 12.1. The van der Waals surface area contributed by atoms with Crippen LogP contribution < -0.4 is 0 Å². The maximum absolute atomic E-state index is 5.88. The lowest BCUT2D eigenvalue weighted by atomic mass is 10.1. The maximum atomic E-state index is 5.88. The highest BCUT2D eigenvalue weighted by Crippen LogP contribution is 2.29. The molecular formula is C13H17ClN2S. The van der Waals surface area contributed by atoms with Crippen molar-refractivity contribution in [3.8, 4) is 0 Å². The fourth-order valence-corrected chi connectivity index (χ4v) is 3.33. The zero-order valence-electron chi connectivity index (χ0n) is 9.81. The Bertz CT molecular complexity index is 375. The van der Waals surface area contributed by atoms with E-state index in [4.69, 9.17) is 11.6 Å². The van der Waals surface area contributed by atoms with Crippen LogP contribution in [0.2, 0.25) is 5.15 Å². The molecule has 0 N–H and O–H groups in total. The fraction of sp³-hybridized carbons (Fsp3) is 0.462. The monoisotopic (exact) mass is 268 g/mol. The van der Waals surface area contributed by atoms with Crippen LogP contribution in [0.4, 0.5) is 0 Å². The van der Waals surface area contributed by atoms with E-state index in [9.17, 15) is 0 Å². The number of likely N-dealkylation sites (tertiary alicyclic amines) is 1. The van der Waals surface area contributed by atoms with E-state index >= 15 is 0 Å². The fourth-order valence-electron chi connectivity index (χ4n) is 2.02. The molecule has 2 rings (SSSR count). The molecule has 1 saturated heterocycles. The summed E-state index contributed by atoms with van der Waals surface area (Å²) in [7, 11) is 0. The van der Waals surface area contributed by atoms with E-state index in [0.717, 1.165) is 24.7 Å². The normalized spacial score (nSPS) is 18.2. The van der Waals surface area contributed by atoms with Crippen molar-refractivity contribution in [1.29, 1.82) is 0 Å².